The predicted molar refractivity (Wildman–Crippen MR) is 48.2 cm³/mol. The summed E-state index contributed by atoms with van der Waals surface area (Å²) in [4.78, 5) is 10.5. The van der Waals surface area contributed by atoms with E-state index in [0.29, 0.717) is 13.0 Å². The number of hydrogen-bond donors (Lipinski definition) is 2. The monoisotopic (exact) mass is 204 g/mol. The molecule has 0 rings (SSSR count). The number of carbonyl (C=O) groups excluding carboxylic acids is 1. The molecular weight excluding hydrogens is 191 g/mol. The molecule has 0 radical (unpaired) electrons. The summed E-state index contributed by atoms with van der Waals surface area (Å²) in [7, 11) is 1.30. The number of rotatable bonds is 3. The van der Waals surface area contributed by atoms with Gasteiger partial charge < -0.3 is 16.2 Å². The molecule has 0 aliphatic rings. The first-order chi connectivity index (χ1) is 4.22. The van der Waals surface area contributed by atoms with Crippen LogP contribution in [-0.4, -0.2) is 25.7 Å². The normalized spacial score (nSPS) is 10.5. The van der Waals surface area contributed by atoms with Crippen LogP contribution in [0.25, 0.3) is 0 Å². The van der Waals surface area contributed by atoms with Crippen molar-refractivity contribution < 1.29 is 9.53 Å². The Morgan fingerprint density at radius 2 is 2.00 bits per heavy atom. The Kier molecular flexibility index (Phi) is 15.6. The summed E-state index contributed by atoms with van der Waals surface area (Å²) < 4.78 is 4.35. The highest BCUT2D eigenvalue weighted by Crippen LogP contribution is 1.86. The summed E-state index contributed by atoms with van der Waals surface area (Å²) >= 11 is 0. The molecule has 0 saturated carbocycles. The standard InChI is InChI=1S/C5H12N2O2.2ClH/c1-9-5(8)4(7)2-3-6;;/h4H,2-3,6-7H2,1H3;2*1H/t4-;;/m0../s1. The van der Waals surface area contributed by atoms with E-state index in [4.69, 9.17) is 11.5 Å². The van der Waals surface area contributed by atoms with E-state index >= 15 is 0 Å². The van der Waals surface area contributed by atoms with Crippen LogP contribution in [0.5, 0.6) is 0 Å². The van der Waals surface area contributed by atoms with E-state index in [1.54, 1.807) is 0 Å². The van der Waals surface area contributed by atoms with Gasteiger partial charge in [0, 0.05) is 0 Å². The molecular formula is C5H14Cl2N2O2. The topological polar surface area (TPSA) is 78.3 Å². The lowest BCUT2D eigenvalue weighted by Gasteiger charge is -2.05. The minimum atomic E-state index is -0.556. The molecule has 0 bridgehead atoms. The predicted octanol–water partition coefficient (Wildman–Crippen LogP) is -0.321. The summed E-state index contributed by atoms with van der Waals surface area (Å²) in [5.41, 5.74) is 10.4. The highest BCUT2D eigenvalue weighted by atomic mass is 35.5. The molecule has 0 spiro atoms. The van der Waals surface area contributed by atoms with Crippen LogP contribution in [-0.2, 0) is 9.53 Å². The number of halogens is 2. The molecule has 70 valence electrons. The van der Waals surface area contributed by atoms with E-state index in [-0.39, 0.29) is 24.8 Å². The van der Waals surface area contributed by atoms with Crippen molar-refractivity contribution >= 4 is 30.8 Å². The molecule has 0 fully saturated rings. The first-order valence-electron chi connectivity index (χ1n) is 2.76. The number of methoxy groups -OCH3 is 1. The van der Waals surface area contributed by atoms with Crippen LogP contribution in [0.1, 0.15) is 6.42 Å². The lowest BCUT2D eigenvalue weighted by atomic mass is 10.2. The van der Waals surface area contributed by atoms with Crippen molar-refractivity contribution in [3.8, 4) is 0 Å². The van der Waals surface area contributed by atoms with Crippen molar-refractivity contribution in [1.29, 1.82) is 0 Å². The quantitative estimate of drug-likeness (QED) is 0.619. The molecule has 4 nitrogen and oxygen atoms in total. The number of carbonyl (C=O) groups is 1. The minimum absolute atomic E-state index is 0. The highest BCUT2D eigenvalue weighted by molar-refractivity contribution is 5.85. The van der Waals surface area contributed by atoms with Crippen LogP contribution in [0, 0.1) is 0 Å². The Hall–Kier alpha value is -0.0300. The fraction of sp³-hybridized carbons (Fsp3) is 0.800. The van der Waals surface area contributed by atoms with Crippen LogP contribution in [0.3, 0.4) is 0 Å². The molecule has 6 heteroatoms. The van der Waals surface area contributed by atoms with E-state index in [2.05, 4.69) is 4.74 Å². The number of ether oxygens (including phenoxy) is 1. The van der Waals surface area contributed by atoms with E-state index in [0.717, 1.165) is 0 Å². The second kappa shape index (κ2) is 9.97. The van der Waals surface area contributed by atoms with Gasteiger partial charge in [-0.2, -0.15) is 0 Å². The molecule has 4 N–H and O–H groups in total. The van der Waals surface area contributed by atoms with Gasteiger partial charge in [-0.15, -0.1) is 24.8 Å². The maximum absolute atomic E-state index is 10.5. The number of hydrogen-bond acceptors (Lipinski definition) is 4. The zero-order chi connectivity index (χ0) is 7.28. The van der Waals surface area contributed by atoms with Crippen molar-refractivity contribution in [2.45, 2.75) is 12.5 Å². The van der Waals surface area contributed by atoms with E-state index < -0.39 is 12.0 Å². The third-order valence-corrected chi connectivity index (χ3v) is 0.982. The molecule has 11 heavy (non-hydrogen) atoms. The lowest BCUT2D eigenvalue weighted by molar-refractivity contribution is -0.142. The van der Waals surface area contributed by atoms with E-state index in [1.807, 2.05) is 0 Å². The average molecular weight is 205 g/mol. The van der Waals surface area contributed by atoms with Gasteiger partial charge in [0.2, 0.25) is 0 Å². The van der Waals surface area contributed by atoms with Gasteiger partial charge in [-0.25, -0.2) is 0 Å². The zero-order valence-electron chi connectivity index (χ0n) is 6.28. The van der Waals surface area contributed by atoms with Crippen molar-refractivity contribution in [3.05, 3.63) is 0 Å². The zero-order valence-corrected chi connectivity index (χ0v) is 7.91. The number of esters is 1. The lowest BCUT2D eigenvalue weighted by Crippen LogP contribution is -2.33. The molecule has 0 aliphatic heterocycles. The minimum Gasteiger partial charge on any atom is -0.468 e. The summed E-state index contributed by atoms with van der Waals surface area (Å²) in [6.07, 6.45) is 0.479. The fourth-order valence-electron chi connectivity index (χ4n) is 0.449. The molecule has 1 atom stereocenters. The smallest absolute Gasteiger partial charge is 0.322 e. The first-order valence-corrected chi connectivity index (χ1v) is 2.76. The van der Waals surface area contributed by atoms with Crippen LogP contribution < -0.4 is 11.5 Å². The van der Waals surface area contributed by atoms with Crippen LogP contribution in [0.15, 0.2) is 0 Å². The first kappa shape index (κ1) is 17.2. The molecule has 0 aromatic heterocycles. The summed E-state index contributed by atoms with van der Waals surface area (Å²) in [6, 6.07) is -0.556. The Bertz CT molecular complexity index is 102. The summed E-state index contributed by atoms with van der Waals surface area (Å²) in [5.74, 6) is -0.402. The largest absolute Gasteiger partial charge is 0.468 e. The Balaban J connectivity index is -0.000000320. The summed E-state index contributed by atoms with van der Waals surface area (Å²) in [5, 5.41) is 0. The molecule has 0 aromatic carbocycles. The van der Waals surface area contributed by atoms with Crippen molar-refractivity contribution in [2.75, 3.05) is 13.7 Å². The molecule has 0 aromatic rings. The van der Waals surface area contributed by atoms with Gasteiger partial charge in [-0.05, 0) is 13.0 Å². The second-order valence-corrected chi connectivity index (χ2v) is 1.71. The number of nitrogens with two attached hydrogens (primary N) is 2. The molecule has 0 saturated heterocycles. The van der Waals surface area contributed by atoms with Gasteiger partial charge in [0.15, 0.2) is 0 Å². The average Bonchev–Trinajstić information content (AvgIpc) is 1.87. The van der Waals surface area contributed by atoms with Gasteiger partial charge in [-0.1, -0.05) is 0 Å². The maximum atomic E-state index is 10.5. The molecule has 0 heterocycles. The maximum Gasteiger partial charge on any atom is 0.322 e. The molecule has 0 unspecified atom stereocenters. The van der Waals surface area contributed by atoms with Gasteiger partial charge >= 0.3 is 5.97 Å². The van der Waals surface area contributed by atoms with Crippen LogP contribution >= 0.6 is 24.8 Å². The van der Waals surface area contributed by atoms with Gasteiger partial charge in [0.1, 0.15) is 6.04 Å². The molecule has 0 amide bonds. The van der Waals surface area contributed by atoms with Crippen LogP contribution in [0.2, 0.25) is 0 Å². The third-order valence-electron chi connectivity index (χ3n) is 0.982. The second-order valence-electron chi connectivity index (χ2n) is 1.71. The Morgan fingerprint density at radius 1 is 1.55 bits per heavy atom. The molecule has 0 aliphatic carbocycles. The van der Waals surface area contributed by atoms with E-state index in [9.17, 15) is 4.79 Å². The van der Waals surface area contributed by atoms with Crippen molar-refractivity contribution in [3.63, 3.8) is 0 Å². The Morgan fingerprint density at radius 3 is 2.27 bits per heavy atom. The van der Waals surface area contributed by atoms with Crippen LogP contribution in [0.4, 0.5) is 0 Å². The van der Waals surface area contributed by atoms with E-state index in [1.165, 1.54) is 7.11 Å². The highest BCUT2D eigenvalue weighted by Gasteiger charge is 2.10. The fourth-order valence-corrected chi connectivity index (χ4v) is 0.449. The van der Waals surface area contributed by atoms with Crippen molar-refractivity contribution in [1.82, 2.24) is 0 Å². The Labute approximate surface area is 78.5 Å². The third kappa shape index (κ3) is 7.87. The van der Waals surface area contributed by atoms with Gasteiger partial charge in [0.05, 0.1) is 7.11 Å². The van der Waals surface area contributed by atoms with Crippen molar-refractivity contribution in [2.24, 2.45) is 11.5 Å². The van der Waals surface area contributed by atoms with Gasteiger partial charge in [0.25, 0.3) is 0 Å². The summed E-state index contributed by atoms with van der Waals surface area (Å²) in [6.45, 7) is 0.413. The SMILES string of the molecule is COC(=O)[C@@H](N)CCN.Cl.Cl. The van der Waals surface area contributed by atoms with Gasteiger partial charge in [-0.3, -0.25) is 4.79 Å².